The molecular weight excluding hydrogens is 309 g/mol. The first kappa shape index (κ1) is 14.3. The van der Waals surface area contributed by atoms with E-state index in [1.54, 1.807) is 0 Å². The van der Waals surface area contributed by atoms with Crippen LogP contribution in [0.2, 0.25) is 0 Å². The molecule has 3 nitrogen and oxygen atoms in total. The summed E-state index contributed by atoms with van der Waals surface area (Å²) in [4.78, 5) is 11.8. The van der Waals surface area contributed by atoms with Crippen molar-refractivity contribution in [3.8, 4) is 0 Å². The first-order valence-electron chi connectivity index (χ1n) is 5.99. The molecule has 114 valence electrons. The van der Waals surface area contributed by atoms with Crippen LogP contribution in [0, 0.1) is 29.1 Å². The zero-order valence-electron chi connectivity index (χ0n) is 10.6. The van der Waals surface area contributed by atoms with Crippen molar-refractivity contribution in [3.63, 3.8) is 0 Å². The van der Waals surface area contributed by atoms with Crippen LogP contribution in [0.15, 0.2) is 24.3 Å². The van der Waals surface area contributed by atoms with Gasteiger partial charge in [0.25, 0.3) is 0 Å². The third-order valence-corrected chi connectivity index (χ3v) is 3.16. The van der Waals surface area contributed by atoms with Gasteiger partial charge in [0.15, 0.2) is 23.3 Å². The molecule has 0 spiro atoms. The zero-order valence-corrected chi connectivity index (χ0v) is 10.6. The summed E-state index contributed by atoms with van der Waals surface area (Å²) in [5, 5.41) is 2.42. The molecule has 2 aromatic rings. The van der Waals surface area contributed by atoms with Crippen molar-refractivity contribution in [3.05, 3.63) is 64.5 Å². The van der Waals surface area contributed by atoms with Gasteiger partial charge in [-0.1, -0.05) is 12.1 Å². The fourth-order valence-electron chi connectivity index (χ4n) is 2.11. The maximum absolute atomic E-state index is 13.7. The quantitative estimate of drug-likeness (QED) is 0.378. The molecule has 22 heavy (non-hydrogen) atoms. The van der Waals surface area contributed by atoms with Crippen LogP contribution in [0.25, 0.3) is 0 Å². The van der Waals surface area contributed by atoms with Crippen molar-refractivity contribution in [2.75, 3.05) is 5.32 Å². The fraction of sp³-hybridized carbons (Fsp3) is 0.0714. The molecule has 3 rings (SSSR count). The molecule has 8 heteroatoms. The lowest BCUT2D eigenvalue weighted by atomic mass is 10.1. The number of anilines is 1. The molecular formula is C14H6F5NO2. The van der Waals surface area contributed by atoms with Crippen LogP contribution >= 0.6 is 0 Å². The van der Waals surface area contributed by atoms with Crippen molar-refractivity contribution in [2.45, 2.75) is 6.23 Å². The van der Waals surface area contributed by atoms with E-state index in [0.717, 1.165) is 0 Å². The number of cyclic esters (lactones) is 1. The second-order valence-electron chi connectivity index (χ2n) is 4.46. The Morgan fingerprint density at radius 3 is 2.05 bits per heavy atom. The summed E-state index contributed by atoms with van der Waals surface area (Å²) < 4.78 is 71.7. The Kier molecular flexibility index (Phi) is 3.23. The molecule has 1 aliphatic rings. The highest BCUT2D eigenvalue weighted by Crippen LogP contribution is 2.35. The van der Waals surface area contributed by atoms with Gasteiger partial charge in [-0.2, -0.15) is 0 Å². The number of benzene rings is 2. The van der Waals surface area contributed by atoms with Crippen molar-refractivity contribution in [1.29, 1.82) is 0 Å². The van der Waals surface area contributed by atoms with Crippen LogP contribution in [0.4, 0.5) is 27.6 Å². The van der Waals surface area contributed by atoms with Crippen LogP contribution in [-0.4, -0.2) is 5.97 Å². The first-order valence-corrected chi connectivity index (χ1v) is 5.99. The summed E-state index contributed by atoms with van der Waals surface area (Å²) in [7, 11) is 0. The van der Waals surface area contributed by atoms with Gasteiger partial charge in [0.05, 0.1) is 16.8 Å². The number of carbonyl (C=O) groups is 1. The van der Waals surface area contributed by atoms with E-state index < -0.39 is 46.8 Å². The second-order valence-corrected chi connectivity index (χ2v) is 4.46. The number of ether oxygens (including phenoxy) is 1. The lowest BCUT2D eigenvalue weighted by molar-refractivity contribution is 0.0313. The number of hydrogen-bond acceptors (Lipinski definition) is 3. The summed E-state index contributed by atoms with van der Waals surface area (Å²) in [6, 6.07) is 5.86. The standard InChI is InChI=1S/C14H6F5NO2/c15-8-7(9(16)11(18)12(19)10(8)17)13-20-6-4-2-1-3-5(6)14(21)22-13/h1-4,13,20H. The summed E-state index contributed by atoms with van der Waals surface area (Å²) in [5.74, 6) is -11.5. The molecule has 1 N–H and O–H groups in total. The van der Waals surface area contributed by atoms with Crippen molar-refractivity contribution in [1.82, 2.24) is 0 Å². The van der Waals surface area contributed by atoms with E-state index in [-0.39, 0.29) is 11.3 Å². The third-order valence-electron chi connectivity index (χ3n) is 3.16. The number of esters is 1. The monoisotopic (exact) mass is 315 g/mol. The number of rotatable bonds is 1. The number of fused-ring (bicyclic) bond motifs is 1. The Balaban J connectivity index is 2.13. The Bertz CT molecular complexity index is 764. The molecule has 1 unspecified atom stereocenters. The zero-order chi connectivity index (χ0) is 16.0. The predicted octanol–water partition coefficient (Wildman–Crippen LogP) is 3.66. The molecule has 0 saturated heterocycles. The summed E-state index contributed by atoms with van der Waals surface area (Å²) in [6.07, 6.45) is -1.83. The highest BCUT2D eigenvalue weighted by atomic mass is 19.2. The van der Waals surface area contributed by atoms with E-state index in [4.69, 9.17) is 4.74 Å². The minimum absolute atomic E-state index is 0.0858. The second kappa shape index (κ2) is 4.97. The minimum Gasteiger partial charge on any atom is -0.433 e. The molecule has 1 atom stereocenters. The molecule has 0 bridgehead atoms. The van der Waals surface area contributed by atoms with Crippen molar-refractivity contribution >= 4 is 11.7 Å². The molecule has 0 amide bonds. The number of nitrogens with one attached hydrogen (secondary N) is 1. The van der Waals surface area contributed by atoms with Gasteiger partial charge in [-0.15, -0.1) is 0 Å². The SMILES string of the molecule is O=C1OC(c2c(F)c(F)c(F)c(F)c2F)Nc2ccccc21. The fourth-order valence-corrected chi connectivity index (χ4v) is 2.11. The highest BCUT2D eigenvalue weighted by molar-refractivity contribution is 5.97. The van der Waals surface area contributed by atoms with Gasteiger partial charge in [-0.05, 0) is 12.1 Å². The van der Waals surface area contributed by atoms with E-state index >= 15 is 0 Å². The molecule has 1 heterocycles. The molecule has 1 aliphatic heterocycles. The Morgan fingerprint density at radius 2 is 1.41 bits per heavy atom. The normalized spacial score (nSPS) is 16.8. The van der Waals surface area contributed by atoms with Gasteiger partial charge in [0.2, 0.25) is 12.0 Å². The number of halogens is 5. The largest absolute Gasteiger partial charge is 0.433 e. The number of carbonyl (C=O) groups excluding carboxylic acids is 1. The highest BCUT2D eigenvalue weighted by Gasteiger charge is 2.35. The van der Waals surface area contributed by atoms with Crippen LogP contribution in [0.3, 0.4) is 0 Å². The summed E-state index contributed by atoms with van der Waals surface area (Å²) in [6.45, 7) is 0. The topological polar surface area (TPSA) is 38.3 Å². The number of hydrogen-bond donors (Lipinski definition) is 1. The lowest BCUT2D eigenvalue weighted by Crippen LogP contribution is -2.28. The van der Waals surface area contributed by atoms with Gasteiger partial charge in [0, 0.05) is 0 Å². The molecule has 0 aromatic heterocycles. The summed E-state index contributed by atoms with van der Waals surface area (Å²) in [5.41, 5.74) is -1.01. The van der Waals surface area contributed by atoms with E-state index in [1.807, 2.05) is 0 Å². The van der Waals surface area contributed by atoms with Crippen LogP contribution in [0.1, 0.15) is 22.1 Å². The first-order chi connectivity index (χ1) is 10.4. The van der Waals surface area contributed by atoms with E-state index in [9.17, 15) is 26.7 Å². The van der Waals surface area contributed by atoms with E-state index in [2.05, 4.69) is 5.32 Å². The Hall–Kier alpha value is -2.64. The average molecular weight is 315 g/mol. The molecule has 2 aromatic carbocycles. The van der Waals surface area contributed by atoms with Crippen molar-refractivity contribution < 1.29 is 31.5 Å². The molecule has 0 radical (unpaired) electrons. The average Bonchev–Trinajstić information content (AvgIpc) is 2.51. The van der Waals surface area contributed by atoms with Gasteiger partial charge < -0.3 is 10.1 Å². The minimum atomic E-state index is -2.28. The Morgan fingerprint density at radius 1 is 0.864 bits per heavy atom. The third kappa shape index (κ3) is 1.99. The number of para-hydroxylation sites is 1. The summed E-state index contributed by atoms with van der Waals surface area (Å²) >= 11 is 0. The smallest absolute Gasteiger partial charge is 0.342 e. The van der Waals surface area contributed by atoms with Crippen LogP contribution in [-0.2, 0) is 4.74 Å². The van der Waals surface area contributed by atoms with E-state index in [0.29, 0.717) is 0 Å². The molecule has 0 saturated carbocycles. The molecule has 0 fully saturated rings. The van der Waals surface area contributed by atoms with Gasteiger partial charge >= 0.3 is 5.97 Å². The van der Waals surface area contributed by atoms with Gasteiger partial charge in [0.1, 0.15) is 0 Å². The predicted molar refractivity (Wildman–Crippen MR) is 64.5 cm³/mol. The maximum Gasteiger partial charge on any atom is 0.342 e. The lowest BCUT2D eigenvalue weighted by Gasteiger charge is -2.27. The maximum atomic E-state index is 13.7. The van der Waals surface area contributed by atoms with Gasteiger partial charge in [-0.25, -0.2) is 26.7 Å². The van der Waals surface area contributed by atoms with E-state index in [1.165, 1.54) is 24.3 Å². The van der Waals surface area contributed by atoms with Crippen LogP contribution in [0.5, 0.6) is 0 Å². The van der Waals surface area contributed by atoms with Crippen LogP contribution < -0.4 is 5.32 Å². The van der Waals surface area contributed by atoms with Crippen molar-refractivity contribution in [2.24, 2.45) is 0 Å². The van der Waals surface area contributed by atoms with Gasteiger partial charge in [-0.3, -0.25) is 0 Å². The Labute approximate surface area is 120 Å². The molecule has 0 aliphatic carbocycles.